The van der Waals surface area contributed by atoms with Gasteiger partial charge in [-0.15, -0.1) is 12.4 Å². The zero-order valence-electron chi connectivity index (χ0n) is 14.9. The van der Waals surface area contributed by atoms with E-state index in [2.05, 4.69) is 15.4 Å². The minimum absolute atomic E-state index is 0. The van der Waals surface area contributed by atoms with E-state index < -0.39 is 21.7 Å². The number of rotatable bonds is 4. The Labute approximate surface area is 164 Å². The average Bonchev–Trinajstić information content (AvgIpc) is 2.58. The van der Waals surface area contributed by atoms with Gasteiger partial charge in [0.15, 0.2) is 0 Å². The number of carbonyl (C=O) groups is 1. The molecule has 1 heterocycles. The lowest BCUT2D eigenvalue weighted by atomic mass is 9.99. The van der Waals surface area contributed by atoms with E-state index in [4.69, 9.17) is 0 Å². The zero-order valence-corrected chi connectivity index (χ0v) is 16.6. The number of sulfonamides is 1. The molecule has 9 heteroatoms. The summed E-state index contributed by atoms with van der Waals surface area (Å²) < 4.78 is 40.1. The van der Waals surface area contributed by atoms with Gasteiger partial charge in [-0.3, -0.25) is 9.52 Å². The fourth-order valence-electron chi connectivity index (χ4n) is 2.95. The molecule has 0 saturated heterocycles. The Morgan fingerprint density at radius 2 is 1.89 bits per heavy atom. The van der Waals surface area contributed by atoms with Crippen LogP contribution in [-0.4, -0.2) is 27.1 Å². The van der Waals surface area contributed by atoms with E-state index in [0.717, 1.165) is 17.4 Å². The molecule has 146 valence electrons. The molecule has 0 spiro atoms. The molecular formula is C18H21ClFN3O3S. The molecule has 0 fully saturated rings. The maximum absolute atomic E-state index is 14.7. The van der Waals surface area contributed by atoms with Crippen LogP contribution in [-0.2, 0) is 23.0 Å². The number of halogens is 2. The first-order chi connectivity index (χ1) is 12.2. The Kier molecular flexibility index (Phi) is 6.46. The van der Waals surface area contributed by atoms with E-state index in [1.54, 1.807) is 25.1 Å². The number of hydrogen-bond acceptors (Lipinski definition) is 4. The second kappa shape index (κ2) is 8.24. The van der Waals surface area contributed by atoms with Crippen LogP contribution in [0.3, 0.4) is 0 Å². The van der Waals surface area contributed by atoms with Crippen LogP contribution in [0.4, 0.5) is 15.8 Å². The van der Waals surface area contributed by atoms with Crippen LogP contribution >= 0.6 is 12.4 Å². The van der Waals surface area contributed by atoms with E-state index in [-0.39, 0.29) is 29.3 Å². The molecule has 3 rings (SSSR count). The molecule has 0 aliphatic carbocycles. The zero-order chi connectivity index (χ0) is 18.9. The summed E-state index contributed by atoms with van der Waals surface area (Å²) in [4.78, 5) is 12.7. The number of aryl methyl sites for hydroxylation is 1. The third-order valence-corrected chi connectivity index (χ3v) is 4.76. The SMILES string of the molecule is Cc1ccc(NS(C)(=O)=O)c(C(=O)Nc2ccc3c(c2F)CCNC3)c1.Cl. The molecule has 0 saturated carbocycles. The normalized spacial score (nSPS) is 13.3. The molecule has 1 amide bonds. The lowest BCUT2D eigenvalue weighted by Crippen LogP contribution is -2.25. The average molecular weight is 414 g/mol. The van der Waals surface area contributed by atoms with Gasteiger partial charge >= 0.3 is 0 Å². The van der Waals surface area contributed by atoms with Gasteiger partial charge in [-0.2, -0.15) is 0 Å². The van der Waals surface area contributed by atoms with Crippen molar-refractivity contribution in [2.75, 3.05) is 22.8 Å². The highest BCUT2D eigenvalue weighted by molar-refractivity contribution is 7.92. The van der Waals surface area contributed by atoms with Crippen molar-refractivity contribution in [3.05, 3.63) is 58.4 Å². The molecule has 2 aromatic carbocycles. The van der Waals surface area contributed by atoms with Crippen molar-refractivity contribution >= 4 is 39.7 Å². The van der Waals surface area contributed by atoms with Crippen molar-refractivity contribution in [1.82, 2.24) is 5.32 Å². The minimum atomic E-state index is -3.55. The van der Waals surface area contributed by atoms with Crippen molar-refractivity contribution < 1.29 is 17.6 Å². The molecule has 1 aliphatic heterocycles. The quantitative estimate of drug-likeness (QED) is 0.719. The van der Waals surface area contributed by atoms with Crippen LogP contribution in [0.2, 0.25) is 0 Å². The number of amides is 1. The molecule has 3 N–H and O–H groups in total. The summed E-state index contributed by atoms with van der Waals surface area (Å²) in [6.45, 7) is 3.07. The van der Waals surface area contributed by atoms with Crippen molar-refractivity contribution in [3.63, 3.8) is 0 Å². The maximum atomic E-state index is 14.7. The Morgan fingerprint density at radius 1 is 1.19 bits per heavy atom. The maximum Gasteiger partial charge on any atom is 0.257 e. The summed E-state index contributed by atoms with van der Waals surface area (Å²) in [5.41, 5.74) is 2.63. The first kappa shape index (κ1) is 21.1. The van der Waals surface area contributed by atoms with E-state index in [9.17, 15) is 17.6 Å². The molecule has 0 unspecified atom stereocenters. The van der Waals surface area contributed by atoms with Crippen LogP contribution < -0.4 is 15.4 Å². The number of nitrogens with one attached hydrogen (secondary N) is 3. The minimum Gasteiger partial charge on any atom is -0.319 e. The largest absolute Gasteiger partial charge is 0.319 e. The predicted octanol–water partition coefficient (Wildman–Crippen LogP) is 2.83. The number of fused-ring (bicyclic) bond motifs is 1. The van der Waals surface area contributed by atoms with Gasteiger partial charge in [0.25, 0.3) is 5.91 Å². The number of anilines is 2. The van der Waals surface area contributed by atoms with E-state index >= 15 is 0 Å². The number of hydrogen-bond donors (Lipinski definition) is 3. The Bertz CT molecular complexity index is 980. The molecule has 1 aliphatic rings. The van der Waals surface area contributed by atoms with Gasteiger partial charge in [-0.05, 0) is 49.2 Å². The molecule has 0 atom stereocenters. The lowest BCUT2D eigenvalue weighted by Gasteiger charge is -2.19. The van der Waals surface area contributed by atoms with Crippen molar-refractivity contribution in [3.8, 4) is 0 Å². The molecular weight excluding hydrogens is 393 g/mol. The van der Waals surface area contributed by atoms with Gasteiger partial charge in [-0.1, -0.05) is 17.7 Å². The van der Waals surface area contributed by atoms with Gasteiger partial charge in [0.2, 0.25) is 10.0 Å². The van der Waals surface area contributed by atoms with Gasteiger partial charge in [0, 0.05) is 6.54 Å². The highest BCUT2D eigenvalue weighted by atomic mass is 35.5. The van der Waals surface area contributed by atoms with Crippen LogP contribution in [0.15, 0.2) is 30.3 Å². The Hall–Kier alpha value is -2.16. The van der Waals surface area contributed by atoms with Crippen molar-refractivity contribution in [2.45, 2.75) is 19.9 Å². The third-order valence-electron chi connectivity index (χ3n) is 4.17. The fraction of sp³-hybridized carbons (Fsp3) is 0.278. The second-order valence-electron chi connectivity index (χ2n) is 6.37. The fourth-order valence-corrected chi connectivity index (χ4v) is 3.53. The highest BCUT2D eigenvalue weighted by Crippen LogP contribution is 2.26. The first-order valence-corrected chi connectivity index (χ1v) is 10.0. The van der Waals surface area contributed by atoms with Crippen LogP contribution in [0.5, 0.6) is 0 Å². The van der Waals surface area contributed by atoms with Gasteiger partial charge in [0.1, 0.15) is 5.82 Å². The van der Waals surface area contributed by atoms with Gasteiger partial charge < -0.3 is 10.6 Å². The van der Waals surface area contributed by atoms with Crippen molar-refractivity contribution in [2.24, 2.45) is 0 Å². The van der Waals surface area contributed by atoms with Crippen LogP contribution in [0, 0.1) is 12.7 Å². The highest BCUT2D eigenvalue weighted by Gasteiger charge is 2.20. The molecule has 2 aromatic rings. The third kappa shape index (κ3) is 4.97. The van der Waals surface area contributed by atoms with Gasteiger partial charge in [-0.25, -0.2) is 12.8 Å². The summed E-state index contributed by atoms with van der Waals surface area (Å²) in [6.07, 6.45) is 1.56. The monoisotopic (exact) mass is 413 g/mol. The lowest BCUT2D eigenvalue weighted by molar-refractivity contribution is 0.102. The van der Waals surface area contributed by atoms with E-state index in [1.807, 2.05) is 0 Å². The summed E-state index contributed by atoms with van der Waals surface area (Å²) in [7, 11) is -3.55. The first-order valence-electron chi connectivity index (χ1n) is 8.15. The summed E-state index contributed by atoms with van der Waals surface area (Å²) in [6, 6.07) is 8.07. The van der Waals surface area contributed by atoms with Crippen LogP contribution in [0.1, 0.15) is 27.0 Å². The smallest absolute Gasteiger partial charge is 0.257 e. The second-order valence-corrected chi connectivity index (χ2v) is 8.12. The van der Waals surface area contributed by atoms with E-state index in [0.29, 0.717) is 25.1 Å². The number of carbonyl (C=O) groups excluding carboxylic acids is 1. The van der Waals surface area contributed by atoms with Crippen molar-refractivity contribution in [1.29, 1.82) is 0 Å². The molecule has 6 nitrogen and oxygen atoms in total. The molecule has 0 bridgehead atoms. The van der Waals surface area contributed by atoms with E-state index in [1.165, 1.54) is 12.1 Å². The molecule has 27 heavy (non-hydrogen) atoms. The Balaban J connectivity index is 0.00000261. The van der Waals surface area contributed by atoms with Gasteiger partial charge in [0.05, 0.1) is 23.2 Å². The van der Waals surface area contributed by atoms with Crippen LogP contribution in [0.25, 0.3) is 0 Å². The standard InChI is InChI=1S/C18H20FN3O3S.ClH/c1-11-3-5-15(22-26(2,24)25)14(9-11)18(23)21-16-6-4-12-10-20-8-7-13(12)17(16)19;/h3-6,9,20,22H,7-8,10H2,1-2H3,(H,21,23);1H. The predicted molar refractivity (Wildman–Crippen MR) is 107 cm³/mol. The topological polar surface area (TPSA) is 87.3 Å². The summed E-state index contributed by atoms with van der Waals surface area (Å²) in [5, 5.41) is 5.73. The number of benzene rings is 2. The summed E-state index contributed by atoms with van der Waals surface area (Å²) in [5.74, 6) is -1.02. The Morgan fingerprint density at radius 3 is 2.59 bits per heavy atom. The molecule has 0 radical (unpaired) electrons. The molecule has 0 aromatic heterocycles. The summed E-state index contributed by atoms with van der Waals surface area (Å²) >= 11 is 0.